The molecule has 1 unspecified atom stereocenters. The number of piperazine rings is 1. The average molecular weight is 663 g/mol. The molecule has 0 aliphatic carbocycles. The van der Waals surface area contributed by atoms with E-state index in [0.29, 0.717) is 53.8 Å². The summed E-state index contributed by atoms with van der Waals surface area (Å²) in [6, 6.07) is 17.6. The predicted molar refractivity (Wildman–Crippen MR) is 179 cm³/mol. The zero-order valence-electron chi connectivity index (χ0n) is 26.1. The van der Waals surface area contributed by atoms with Crippen molar-refractivity contribution in [1.82, 2.24) is 30.4 Å². The van der Waals surface area contributed by atoms with Crippen molar-refractivity contribution in [3.8, 4) is 10.8 Å². The van der Waals surface area contributed by atoms with Crippen LogP contribution >= 0.6 is 11.3 Å². The summed E-state index contributed by atoms with van der Waals surface area (Å²) >= 11 is 1.38. The Kier molecular flexibility index (Phi) is 7.64. The number of hydrogen-bond acceptors (Lipinski definition) is 10. The van der Waals surface area contributed by atoms with E-state index >= 15 is 0 Å². The van der Waals surface area contributed by atoms with E-state index in [2.05, 4.69) is 54.6 Å². The minimum absolute atomic E-state index is 0.206. The van der Waals surface area contributed by atoms with Crippen LogP contribution in [0.4, 0.5) is 15.9 Å². The van der Waals surface area contributed by atoms with Gasteiger partial charge in [0.2, 0.25) is 11.8 Å². The van der Waals surface area contributed by atoms with Crippen LogP contribution in [0.15, 0.2) is 60.8 Å². The molecule has 2 aromatic heterocycles. The molecule has 1 atom stereocenters. The molecule has 13 heteroatoms. The third-order valence-electron chi connectivity index (χ3n) is 9.28. The lowest BCUT2D eigenvalue weighted by Crippen LogP contribution is -2.53. The van der Waals surface area contributed by atoms with Crippen molar-refractivity contribution >= 4 is 51.3 Å². The molecule has 0 radical (unpaired) electrons. The smallest absolute Gasteiger partial charge is 0.259 e. The van der Waals surface area contributed by atoms with Gasteiger partial charge in [-0.15, -0.1) is 10.2 Å². The number of aryl methyl sites for hydroxylation is 1. The maximum Gasteiger partial charge on any atom is 0.259 e. The topological polar surface area (TPSA) is 125 Å². The molecule has 2 fully saturated rings. The van der Waals surface area contributed by atoms with Crippen LogP contribution in [-0.4, -0.2) is 75.0 Å². The number of rotatable bonds is 7. The minimum atomic E-state index is -0.704. The number of halogens is 1. The van der Waals surface area contributed by atoms with Crippen molar-refractivity contribution in [2.45, 2.75) is 38.8 Å². The maximum absolute atomic E-state index is 14.7. The predicted octanol–water partition coefficient (Wildman–Crippen LogP) is 4.27. The van der Waals surface area contributed by atoms with Crippen molar-refractivity contribution in [3.05, 3.63) is 93.9 Å². The molecule has 0 spiro atoms. The van der Waals surface area contributed by atoms with Crippen molar-refractivity contribution in [2.24, 2.45) is 0 Å². The Labute approximate surface area is 279 Å². The number of anilines is 2. The largest absolute Gasteiger partial charge is 0.351 e. The van der Waals surface area contributed by atoms with Gasteiger partial charge in [0.1, 0.15) is 11.0 Å². The Morgan fingerprint density at radius 3 is 2.50 bits per heavy atom. The molecule has 3 aromatic carbocycles. The monoisotopic (exact) mass is 662 g/mol. The van der Waals surface area contributed by atoms with Gasteiger partial charge in [0.05, 0.1) is 11.9 Å². The van der Waals surface area contributed by atoms with E-state index in [0.717, 1.165) is 46.5 Å². The van der Waals surface area contributed by atoms with Crippen molar-refractivity contribution in [1.29, 1.82) is 0 Å². The van der Waals surface area contributed by atoms with Crippen LogP contribution in [0.2, 0.25) is 0 Å². The molecule has 1 N–H and O–H groups in total. The van der Waals surface area contributed by atoms with E-state index in [1.807, 2.05) is 36.1 Å². The number of imide groups is 1. The first-order valence-electron chi connectivity index (χ1n) is 15.9. The van der Waals surface area contributed by atoms with E-state index in [9.17, 15) is 18.8 Å². The fourth-order valence-corrected chi connectivity index (χ4v) is 7.52. The summed E-state index contributed by atoms with van der Waals surface area (Å²) in [5.41, 5.74) is 4.74. The molecular formula is C35H31FN8O3S. The molecule has 0 bridgehead atoms. The highest BCUT2D eigenvalue weighted by molar-refractivity contribution is 7.14. The molecule has 11 nitrogen and oxygen atoms in total. The van der Waals surface area contributed by atoms with Crippen LogP contribution in [0.3, 0.4) is 0 Å². The Bertz CT molecular complexity index is 2090. The Morgan fingerprint density at radius 1 is 0.958 bits per heavy atom. The second kappa shape index (κ2) is 12.1. The molecule has 3 aliphatic heterocycles. The number of carbonyl (C=O) groups excluding carboxylic acids is 3. The van der Waals surface area contributed by atoms with E-state index in [1.54, 1.807) is 11.0 Å². The Hall–Kier alpha value is -5.14. The number of aromatic nitrogens is 4. The van der Waals surface area contributed by atoms with Gasteiger partial charge in [-0.3, -0.25) is 29.5 Å². The van der Waals surface area contributed by atoms with Crippen molar-refractivity contribution in [2.75, 3.05) is 36.0 Å². The SMILES string of the molecule is Cc1nnc(-c2ncc(F)c(N3CCN(Cc4ccc(Cc5ccc6c7c(cccc57)C(=O)N6C5CCC(=O)NC5=O)cc4)CC3)n2)s1. The number of nitrogens with zero attached hydrogens (tertiary/aromatic N) is 7. The fourth-order valence-electron chi connectivity index (χ4n) is 6.89. The van der Waals surface area contributed by atoms with Crippen LogP contribution in [0.1, 0.15) is 44.9 Å². The van der Waals surface area contributed by atoms with E-state index in [-0.39, 0.29) is 18.2 Å². The van der Waals surface area contributed by atoms with Crippen LogP contribution in [0, 0.1) is 12.7 Å². The first kappa shape index (κ1) is 30.2. The third-order valence-corrected chi connectivity index (χ3v) is 10.1. The molecule has 48 heavy (non-hydrogen) atoms. The Morgan fingerprint density at radius 2 is 1.75 bits per heavy atom. The number of nitrogens with one attached hydrogen (secondary N) is 1. The summed E-state index contributed by atoms with van der Waals surface area (Å²) in [5, 5.41) is 13.7. The lowest BCUT2D eigenvalue weighted by molar-refractivity contribution is -0.134. The number of hydrogen-bond donors (Lipinski definition) is 1. The summed E-state index contributed by atoms with van der Waals surface area (Å²) in [5.74, 6) is -0.697. The van der Waals surface area contributed by atoms with Crippen LogP contribution in [0.5, 0.6) is 0 Å². The first-order chi connectivity index (χ1) is 23.3. The summed E-state index contributed by atoms with van der Waals surface area (Å²) in [4.78, 5) is 52.3. The van der Waals surface area contributed by atoms with Gasteiger partial charge < -0.3 is 4.90 Å². The standard InChI is InChI=1S/C35H31FN8O3S/c1-20-40-41-34(48-20)31-37-18-26(36)32(39-31)43-15-13-42(14-16-43)19-22-7-5-21(6-8-22)17-23-9-10-27-30-24(23)3-2-4-25(30)35(47)44(27)28-11-12-29(45)38-33(28)46/h2-10,18,28H,11-17,19H2,1H3,(H,38,45,46). The van der Waals surface area contributed by atoms with E-state index in [4.69, 9.17) is 0 Å². The number of carbonyl (C=O) groups is 3. The first-order valence-corrected chi connectivity index (χ1v) is 16.7. The summed E-state index contributed by atoms with van der Waals surface area (Å²) in [6.45, 7) is 5.49. The zero-order chi connectivity index (χ0) is 32.9. The molecule has 0 saturated carbocycles. The summed E-state index contributed by atoms with van der Waals surface area (Å²) in [7, 11) is 0. The second-order valence-electron chi connectivity index (χ2n) is 12.4. The molecular weight excluding hydrogens is 632 g/mol. The summed E-state index contributed by atoms with van der Waals surface area (Å²) in [6.07, 6.45) is 2.42. The molecule has 3 aliphatic rings. The summed E-state index contributed by atoms with van der Waals surface area (Å²) < 4.78 is 14.7. The molecule has 2 saturated heterocycles. The Balaban J connectivity index is 0.930. The van der Waals surface area contributed by atoms with Crippen LogP contribution in [-0.2, 0) is 22.6 Å². The van der Waals surface area contributed by atoms with Gasteiger partial charge in [0, 0.05) is 50.1 Å². The van der Waals surface area contributed by atoms with Gasteiger partial charge in [-0.25, -0.2) is 14.4 Å². The normalized spacial score (nSPS) is 18.2. The zero-order valence-corrected chi connectivity index (χ0v) is 27.0. The van der Waals surface area contributed by atoms with Gasteiger partial charge in [-0.1, -0.05) is 53.8 Å². The third kappa shape index (κ3) is 5.48. The molecule has 8 rings (SSSR count). The van der Waals surface area contributed by atoms with Gasteiger partial charge in [-0.05, 0) is 54.0 Å². The maximum atomic E-state index is 14.7. The lowest BCUT2D eigenvalue weighted by Gasteiger charge is -2.35. The van der Waals surface area contributed by atoms with Crippen LogP contribution < -0.4 is 15.1 Å². The molecule has 242 valence electrons. The molecule has 5 aromatic rings. The lowest BCUT2D eigenvalue weighted by atomic mass is 9.95. The van der Waals surface area contributed by atoms with Gasteiger partial charge in [0.15, 0.2) is 22.5 Å². The number of amides is 3. The van der Waals surface area contributed by atoms with Crippen molar-refractivity contribution in [3.63, 3.8) is 0 Å². The number of piperidine rings is 1. The van der Waals surface area contributed by atoms with Crippen molar-refractivity contribution < 1.29 is 18.8 Å². The quantitative estimate of drug-likeness (QED) is 0.255. The van der Waals surface area contributed by atoms with Gasteiger partial charge in [0.25, 0.3) is 5.91 Å². The highest BCUT2D eigenvalue weighted by atomic mass is 32.1. The van der Waals surface area contributed by atoms with E-state index in [1.165, 1.54) is 23.1 Å². The number of benzene rings is 3. The van der Waals surface area contributed by atoms with Gasteiger partial charge >= 0.3 is 0 Å². The van der Waals surface area contributed by atoms with Gasteiger partial charge in [-0.2, -0.15) is 0 Å². The van der Waals surface area contributed by atoms with Crippen LogP contribution in [0.25, 0.3) is 21.6 Å². The molecule has 5 heterocycles. The average Bonchev–Trinajstić information content (AvgIpc) is 3.65. The molecule has 3 amide bonds. The highest BCUT2D eigenvalue weighted by Gasteiger charge is 2.40. The second-order valence-corrected chi connectivity index (χ2v) is 13.5. The fraction of sp³-hybridized carbons (Fsp3) is 0.286. The highest BCUT2D eigenvalue weighted by Crippen LogP contribution is 2.41. The minimum Gasteiger partial charge on any atom is -0.351 e. The van der Waals surface area contributed by atoms with E-state index < -0.39 is 17.8 Å².